The Morgan fingerprint density at radius 1 is 1.17 bits per heavy atom. The van der Waals surface area contributed by atoms with E-state index in [9.17, 15) is 0 Å². The van der Waals surface area contributed by atoms with Crippen LogP contribution in [-0.4, -0.2) is 25.7 Å². The molecule has 1 spiro atoms. The summed E-state index contributed by atoms with van der Waals surface area (Å²) in [5.41, 5.74) is 0.671. The van der Waals surface area contributed by atoms with E-state index in [1.54, 1.807) is 0 Å². The Kier molecular flexibility index (Phi) is 4.85. The standard InChI is InChI=1S/C8H16N2.2ClH/c1-7-4-9-5-8(2-3-8)6-10-7;;/h7,9-10H,2-6H2,1H3;2*1H. The van der Waals surface area contributed by atoms with Gasteiger partial charge in [-0.25, -0.2) is 0 Å². The molecule has 1 saturated carbocycles. The molecule has 12 heavy (non-hydrogen) atoms. The summed E-state index contributed by atoms with van der Waals surface area (Å²) < 4.78 is 0. The molecular formula is C8H18Cl2N2. The fourth-order valence-corrected chi connectivity index (χ4v) is 1.61. The van der Waals surface area contributed by atoms with Crippen LogP contribution < -0.4 is 10.6 Å². The number of rotatable bonds is 0. The molecule has 1 atom stereocenters. The fourth-order valence-electron chi connectivity index (χ4n) is 1.61. The van der Waals surface area contributed by atoms with Gasteiger partial charge < -0.3 is 10.6 Å². The van der Waals surface area contributed by atoms with Crippen LogP contribution in [0.5, 0.6) is 0 Å². The Morgan fingerprint density at radius 3 is 2.42 bits per heavy atom. The van der Waals surface area contributed by atoms with Crippen LogP contribution in [0.4, 0.5) is 0 Å². The van der Waals surface area contributed by atoms with Crippen molar-refractivity contribution in [1.82, 2.24) is 10.6 Å². The van der Waals surface area contributed by atoms with Crippen molar-refractivity contribution < 1.29 is 0 Å². The van der Waals surface area contributed by atoms with Gasteiger partial charge in [0.2, 0.25) is 0 Å². The average molecular weight is 213 g/mol. The number of halogens is 2. The minimum absolute atomic E-state index is 0. The van der Waals surface area contributed by atoms with Crippen molar-refractivity contribution >= 4 is 24.8 Å². The molecule has 0 aromatic rings. The lowest BCUT2D eigenvalue weighted by atomic mass is 10.1. The Hall–Kier alpha value is 0.500. The van der Waals surface area contributed by atoms with Gasteiger partial charge in [0, 0.05) is 25.7 Å². The molecule has 0 amide bonds. The van der Waals surface area contributed by atoms with Crippen molar-refractivity contribution in [1.29, 1.82) is 0 Å². The highest BCUT2D eigenvalue weighted by molar-refractivity contribution is 5.85. The molecule has 0 aromatic heterocycles. The maximum Gasteiger partial charge on any atom is 0.0164 e. The molecule has 2 aliphatic rings. The van der Waals surface area contributed by atoms with Gasteiger partial charge in [0.1, 0.15) is 0 Å². The van der Waals surface area contributed by atoms with E-state index in [4.69, 9.17) is 0 Å². The Balaban J connectivity index is 0.000000605. The van der Waals surface area contributed by atoms with Crippen molar-refractivity contribution in [3.63, 3.8) is 0 Å². The van der Waals surface area contributed by atoms with Gasteiger partial charge in [0.25, 0.3) is 0 Å². The van der Waals surface area contributed by atoms with Gasteiger partial charge in [-0.2, -0.15) is 0 Å². The van der Waals surface area contributed by atoms with Gasteiger partial charge in [-0.15, -0.1) is 24.8 Å². The summed E-state index contributed by atoms with van der Waals surface area (Å²) in [7, 11) is 0. The molecule has 0 radical (unpaired) electrons. The second-order valence-electron chi connectivity index (χ2n) is 3.91. The average Bonchev–Trinajstić information content (AvgIpc) is 2.67. The molecule has 2 rings (SSSR count). The van der Waals surface area contributed by atoms with Gasteiger partial charge in [-0.05, 0) is 25.2 Å². The topological polar surface area (TPSA) is 24.1 Å². The smallest absolute Gasteiger partial charge is 0.0164 e. The van der Waals surface area contributed by atoms with E-state index in [1.165, 1.54) is 25.9 Å². The minimum atomic E-state index is 0. The van der Waals surface area contributed by atoms with Crippen LogP contribution in [0.3, 0.4) is 0 Å². The lowest BCUT2D eigenvalue weighted by Crippen LogP contribution is -2.32. The minimum Gasteiger partial charge on any atom is -0.315 e. The fraction of sp³-hybridized carbons (Fsp3) is 1.00. The third-order valence-electron chi connectivity index (χ3n) is 2.73. The van der Waals surface area contributed by atoms with Gasteiger partial charge in [-0.1, -0.05) is 0 Å². The number of hydrogen-bond acceptors (Lipinski definition) is 2. The molecule has 1 saturated heterocycles. The molecule has 0 bridgehead atoms. The van der Waals surface area contributed by atoms with E-state index < -0.39 is 0 Å². The van der Waals surface area contributed by atoms with Crippen LogP contribution in [0.15, 0.2) is 0 Å². The van der Waals surface area contributed by atoms with Gasteiger partial charge in [0.15, 0.2) is 0 Å². The van der Waals surface area contributed by atoms with Crippen molar-refractivity contribution in [2.45, 2.75) is 25.8 Å². The molecule has 0 aromatic carbocycles. The van der Waals surface area contributed by atoms with Crippen molar-refractivity contribution in [2.75, 3.05) is 19.6 Å². The van der Waals surface area contributed by atoms with Gasteiger partial charge in [0.05, 0.1) is 0 Å². The van der Waals surface area contributed by atoms with Gasteiger partial charge >= 0.3 is 0 Å². The summed E-state index contributed by atoms with van der Waals surface area (Å²) in [6.07, 6.45) is 2.86. The molecule has 4 heteroatoms. The first-order valence-electron chi connectivity index (χ1n) is 4.25. The maximum atomic E-state index is 3.53. The van der Waals surface area contributed by atoms with Crippen LogP contribution in [0.1, 0.15) is 19.8 Å². The molecule has 1 aliphatic heterocycles. The molecule has 2 nitrogen and oxygen atoms in total. The first-order valence-corrected chi connectivity index (χ1v) is 4.25. The lowest BCUT2D eigenvalue weighted by Gasteiger charge is -2.11. The van der Waals surface area contributed by atoms with Crippen LogP contribution >= 0.6 is 24.8 Å². The third-order valence-corrected chi connectivity index (χ3v) is 2.73. The summed E-state index contributed by atoms with van der Waals surface area (Å²) in [6.45, 7) is 5.86. The Morgan fingerprint density at radius 2 is 1.83 bits per heavy atom. The normalized spacial score (nSPS) is 31.2. The van der Waals surface area contributed by atoms with Crippen LogP contribution in [0.25, 0.3) is 0 Å². The largest absolute Gasteiger partial charge is 0.315 e. The second-order valence-corrected chi connectivity index (χ2v) is 3.91. The van der Waals surface area contributed by atoms with Crippen LogP contribution in [0, 0.1) is 5.41 Å². The zero-order valence-corrected chi connectivity index (χ0v) is 9.06. The first-order chi connectivity index (χ1) is 4.81. The highest BCUT2D eigenvalue weighted by Gasteiger charge is 2.42. The van der Waals surface area contributed by atoms with E-state index in [-0.39, 0.29) is 24.8 Å². The predicted octanol–water partition coefficient (Wildman–Crippen LogP) is 1.19. The summed E-state index contributed by atoms with van der Waals surface area (Å²) >= 11 is 0. The first kappa shape index (κ1) is 12.5. The molecule has 2 N–H and O–H groups in total. The van der Waals surface area contributed by atoms with Crippen LogP contribution in [0.2, 0.25) is 0 Å². The van der Waals surface area contributed by atoms with Gasteiger partial charge in [-0.3, -0.25) is 0 Å². The lowest BCUT2D eigenvalue weighted by molar-refractivity contribution is 0.472. The molecule has 2 fully saturated rings. The zero-order valence-electron chi connectivity index (χ0n) is 7.43. The summed E-state index contributed by atoms with van der Waals surface area (Å²) in [5.74, 6) is 0. The molecule has 1 unspecified atom stereocenters. The molecular weight excluding hydrogens is 195 g/mol. The van der Waals surface area contributed by atoms with Crippen molar-refractivity contribution in [3.8, 4) is 0 Å². The van der Waals surface area contributed by atoms with E-state index >= 15 is 0 Å². The zero-order chi connectivity index (χ0) is 7.03. The van der Waals surface area contributed by atoms with Crippen molar-refractivity contribution in [2.24, 2.45) is 5.41 Å². The Bertz CT molecular complexity index is 137. The van der Waals surface area contributed by atoms with E-state index in [0.29, 0.717) is 11.5 Å². The summed E-state index contributed by atoms with van der Waals surface area (Å²) in [6, 6.07) is 0.667. The quantitative estimate of drug-likeness (QED) is 0.631. The third kappa shape index (κ3) is 2.77. The maximum absolute atomic E-state index is 3.53. The molecule has 74 valence electrons. The van der Waals surface area contributed by atoms with E-state index in [2.05, 4.69) is 17.6 Å². The van der Waals surface area contributed by atoms with E-state index in [0.717, 1.165) is 6.54 Å². The monoisotopic (exact) mass is 212 g/mol. The highest BCUT2D eigenvalue weighted by Crippen LogP contribution is 2.44. The number of nitrogens with one attached hydrogen (secondary N) is 2. The molecule has 1 heterocycles. The van der Waals surface area contributed by atoms with E-state index in [1.807, 2.05) is 0 Å². The second kappa shape index (κ2) is 4.66. The predicted molar refractivity (Wildman–Crippen MR) is 56.5 cm³/mol. The highest BCUT2D eigenvalue weighted by atomic mass is 35.5. The molecule has 1 aliphatic carbocycles. The summed E-state index contributed by atoms with van der Waals surface area (Å²) in [4.78, 5) is 0. The van der Waals surface area contributed by atoms with Crippen LogP contribution in [-0.2, 0) is 0 Å². The van der Waals surface area contributed by atoms with Crippen molar-refractivity contribution in [3.05, 3.63) is 0 Å². The SMILES string of the molecule is CC1CNCC2(CC2)CN1.Cl.Cl. The Labute approximate surface area is 86.7 Å². The number of hydrogen-bond donors (Lipinski definition) is 2. The summed E-state index contributed by atoms with van der Waals surface area (Å²) in [5, 5.41) is 7.02.